The Balaban J connectivity index is 1.20. The van der Waals surface area contributed by atoms with Crippen LogP contribution >= 0.6 is 0 Å². The van der Waals surface area contributed by atoms with Crippen molar-refractivity contribution in [2.75, 3.05) is 26.2 Å². The predicted octanol–water partition coefficient (Wildman–Crippen LogP) is 2.65. The first-order valence-corrected chi connectivity index (χ1v) is 11.8. The maximum atomic E-state index is 13.0. The van der Waals surface area contributed by atoms with Gasteiger partial charge in [0.2, 0.25) is 5.91 Å². The molecule has 0 spiro atoms. The monoisotopic (exact) mass is 425 g/mol. The average Bonchev–Trinajstić information content (AvgIpc) is 2.91. The number of ketones is 1. The Morgan fingerprint density at radius 3 is 2.71 bits per heavy atom. The lowest BCUT2D eigenvalue weighted by Crippen LogP contribution is -2.48. The fourth-order valence-electron chi connectivity index (χ4n) is 7.45. The number of aromatic nitrogens is 1. The molecule has 0 radical (unpaired) electrons. The molecule has 0 aromatic carbocycles. The second kappa shape index (κ2) is 7.29. The van der Waals surface area contributed by atoms with Gasteiger partial charge in [0.15, 0.2) is 5.78 Å². The van der Waals surface area contributed by atoms with E-state index in [1.807, 2.05) is 21.6 Å². The van der Waals surface area contributed by atoms with Gasteiger partial charge >= 0.3 is 0 Å². The summed E-state index contributed by atoms with van der Waals surface area (Å²) in [5, 5.41) is 0. The molecule has 1 aliphatic carbocycles. The second-order valence-electron chi connectivity index (χ2n) is 11.8. The van der Waals surface area contributed by atoms with E-state index < -0.39 is 0 Å². The molecule has 2 saturated heterocycles. The Morgan fingerprint density at radius 1 is 1.10 bits per heavy atom. The van der Waals surface area contributed by atoms with Crippen LogP contribution in [0, 0.1) is 16.7 Å². The average molecular weight is 426 g/mol. The van der Waals surface area contributed by atoms with Crippen LogP contribution in [0.25, 0.3) is 0 Å². The number of Topliss-reactive ketones (excluding diaryl/α,β-unsaturated/α-hetero) is 1. The molecule has 4 atom stereocenters. The van der Waals surface area contributed by atoms with Crippen LogP contribution in [-0.4, -0.2) is 58.3 Å². The number of nitrogens with zero attached hydrogens (tertiary/aromatic N) is 3. The van der Waals surface area contributed by atoms with E-state index >= 15 is 0 Å². The topological polar surface area (TPSA) is 62.6 Å². The summed E-state index contributed by atoms with van der Waals surface area (Å²) in [4.78, 5) is 42.3. The van der Waals surface area contributed by atoms with Gasteiger partial charge in [-0.1, -0.05) is 26.8 Å². The maximum Gasteiger partial charge on any atom is 0.250 e. The largest absolute Gasteiger partial charge is 0.339 e. The fourth-order valence-corrected chi connectivity index (χ4v) is 7.45. The number of hydrogen-bond donors (Lipinski definition) is 0. The molecule has 1 amide bonds. The smallest absolute Gasteiger partial charge is 0.250 e. The summed E-state index contributed by atoms with van der Waals surface area (Å²) in [6, 6.07) is 5.81. The van der Waals surface area contributed by atoms with E-state index in [2.05, 4.69) is 25.7 Å². The van der Waals surface area contributed by atoms with Crippen LogP contribution in [0.15, 0.2) is 23.0 Å². The van der Waals surface area contributed by atoms with Crippen LogP contribution in [0.1, 0.15) is 64.5 Å². The van der Waals surface area contributed by atoms with E-state index in [0.29, 0.717) is 24.4 Å². The van der Waals surface area contributed by atoms with Gasteiger partial charge in [-0.25, -0.2) is 0 Å². The van der Waals surface area contributed by atoms with Crippen LogP contribution < -0.4 is 5.56 Å². The van der Waals surface area contributed by atoms with Crippen molar-refractivity contribution in [3.63, 3.8) is 0 Å². The van der Waals surface area contributed by atoms with Gasteiger partial charge in [0, 0.05) is 49.9 Å². The lowest BCUT2D eigenvalue weighted by atomic mass is 9.65. The van der Waals surface area contributed by atoms with Crippen molar-refractivity contribution in [3.8, 4) is 0 Å². The first-order valence-electron chi connectivity index (χ1n) is 11.8. The van der Waals surface area contributed by atoms with Crippen LogP contribution in [0.5, 0.6) is 0 Å². The Kier molecular flexibility index (Phi) is 4.92. The molecule has 4 aliphatic rings. The molecule has 31 heavy (non-hydrogen) atoms. The van der Waals surface area contributed by atoms with E-state index in [9.17, 15) is 14.4 Å². The zero-order valence-corrected chi connectivity index (χ0v) is 19.1. The van der Waals surface area contributed by atoms with Crippen molar-refractivity contribution in [1.29, 1.82) is 0 Å². The number of pyridine rings is 1. The summed E-state index contributed by atoms with van der Waals surface area (Å²) in [7, 11) is 0. The first kappa shape index (κ1) is 20.9. The van der Waals surface area contributed by atoms with Crippen molar-refractivity contribution < 1.29 is 9.59 Å². The lowest BCUT2D eigenvalue weighted by Gasteiger charge is -2.42. The minimum Gasteiger partial charge on any atom is -0.339 e. The number of fused-ring (bicyclic) bond motifs is 6. The summed E-state index contributed by atoms with van der Waals surface area (Å²) < 4.78 is 1.91. The SMILES string of the molecule is CC1(C)CC2CC(C)(CN2C(=O)CC(=O)CN2CC3CC(C2)c2cccc(=O)n2C3)C1. The molecule has 1 saturated carbocycles. The lowest BCUT2D eigenvalue weighted by molar-refractivity contribution is -0.136. The summed E-state index contributed by atoms with van der Waals surface area (Å²) in [6.45, 7) is 10.4. The molecule has 5 rings (SSSR count). The van der Waals surface area contributed by atoms with Gasteiger partial charge in [-0.3, -0.25) is 19.3 Å². The second-order valence-corrected chi connectivity index (χ2v) is 11.8. The molecule has 4 heterocycles. The standard InChI is InChI=1S/C25H35N3O3/c1-24(2)9-19-10-25(3,15-24)16-28(19)23(31)8-20(29)14-26-11-17-7-18(13-26)21-5-4-6-22(30)27(21)12-17/h4-6,17-19H,7-16H2,1-3H3. The van der Waals surface area contributed by atoms with Gasteiger partial charge in [-0.15, -0.1) is 0 Å². The minimum atomic E-state index is 0.0190. The van der Waals surface area contributed by atoms with E-state index in [1.165, 1.54) is 0 Å². The third-order valence-electron chi connectivity index (χ3n) is 8.04. The summed E-state index contributed by atoms with van der Waals surface area (Å²) in [6.07, 6.45) is 4.36. The van der Waals surface area contributed by atoms with E-state index in [0.717, 1.165) is 57.6 Å². The molecule has 1 aromatic heterocycles. The quantitative estimate of drug-likeness (QED) is 0.696. The zero-order valence-electron chi connectivity index (χ0n) is 19.1. The van der Waals surface area contributed by atoms with Crippen LogP contribution in [-0.2, 0) is 16.1 Å². The molecule has 1 aromatic rings. The molecule has 6 heteroatoms. The number of amides is 1. The molecule has 3 fully saturated rings. The number of likely N-dealkylation sites (tertiary alicyclic amines) is 2. The van der Waals surface area contributed by atoms with E-state index in [1.54, 1.807) is 6.07 Å². The molecular weight excluding hydrogens is 390 g/mol. The third kappa shape index (κ3) is 3.99. The van der Waals surface area contributed by atoms with Crippen LogP contribution in [0.3, 0.4) is 0 Å². The number of carbonyl (C=O) groups excluding carboxylic acids is 2. The Labute approximate surface area is 184 Å². The summed E-state index contributed by atoms with van der Waals surface area (Å²) in [5.74, 6) is 0.742. The van der Waals surface area contributed by atoms with Gasteiger partial charge in [-0.05, 0) is 48.5 Å². The summed E-state index contributed by atoms with van der Waals surface area (Å²) in [5.41, 5.74) is 1.63. The minimum absolute atomic E-state index is 0.0190. The van der Waals surface area contributed by atoms with Crippen molar-refractivity contribution in [1.82, 2.24) is 14.4 Å². The highest BCUT2D eigenvalue weighted by Gasteiger charge is 2.51. The first-order chi connectivity index (χ1) is 14.6. The number of rotatable bonds is 4. The Hall–Kier alpha value is -1.95. The van der Waals surface area contributed by atoms with Crippen LogP contribution in [0.2, 0.25) is 0 Å². The maximum absolute atomic E-state index is 13.0. The molecule has 3 aliphatic heterocycles. The van der Waals surface area contributed by atoms with Gasteiger partial charge < -0.3 is 9.47 Å². The summed E-state index contributed by atoms with van der Waals surface area (Å²) >= 11 is 0. The van der Waals surface area contributed by atoms with E-state index in [-0.39, 0.29) is 34.5 Å². The van der Waals surface area contributed by atoms with Crippen molar-refractivity contribution in [3.05, 3.63) is 34.2 Å². The van der Waals surface area contributed by atoms with Crippen molar-refractivity contribution in [2.45, 2.75) is 71.4 Å². The highest BCUT2D eigenvalue weighted by Crippen LogP contribution is 2.52. The molecule has 168 valence electrons. The van der Waals surface area contributed by atoms with Crippen molar-refractivity contribution >= 4 is 11.7 Å². The Morgan fingerprint density at radius 2 is 1.90 bits per heavy atom. The number of carbonyl (C=O) groups is 2. The number of hydrogen-bond acceptors (Lipinski definition) is 4. The molecular formula is C25H35N3O3. The number of piperidine rings is 1. The van der Waals surface area contributed by atoms with Gasteiger partial charge in [0.25, 0.3) is 5.56 Å². The molecule has 0 N–H and O–H groups in total. The highest BCUT2D eigenvalue weighted by molar-refractivity contribution is 5.99. The van der Waals surface area contributed by atoms with E-state index in [4.69, 9.17) is 0 Å². The molecule has 4 unspecified atom stereocenters. The molecule has 6 nitrogen and oxygen atoms in total. The van der Waals surface area contributed by atoms with Gasteiger partial charge in [0.1, 0.15) is 0 Å². The Bertz CT molecular complexity index is 967. The zero-order chi connectivity index (χ0) is 22.0. The molecule has 4 bridgehead atoms. The van der Waals surface area contributed by atoms with Crippen LogP contribution in [0.4, 0.5) is 0 Å². The van der Waals surface area contributed by atoms with Crippen molar-refractivity contribution in [2.24, 2.45) is 16.7 Å². The fraction of sp³-hybridized carbons (Fsp3) is 0.720. The van der Waals surface area contributed by atoms with Gasteiger partial charge in [0.05, 0.1) is 13.0 Å². The third-order valence-corrected chi connectivity index (χ3v) is 8.04. The highest BCUT2D eigenvalue weighted by atomic mass is 16.2. The van der Waals surface area contributed by atoms with Gasteiger partial charge in [-0.2, -0.15) is 0 Å². The predicted molar refractivity (Wildman–Crippen MR) is 119 cm³/mol. The normalized spacial score (nSPS) is 33.8.